The summed E-state index contributed by atoms with van der Waals surface area (Å²) >= 11 is 0. The third kappa shape index (κ3) is 4.33. The number of hydrogen-bond donors (Lipinski definition) is 1. The first kappa shape index (κ1) is 15.6. The summed E-state index contributed by atoms with van der Waals surface area (Å²) in [7, 11) is 0. The van der Waals surface area contributed by atoms with Crippen molar-refractivity contribution in [3.8, 4) is 0 Å². The summed E-state index contributed by atoms with van der Waals surface area (Å²) in [5, 5.41) is 3.38. The highest BCUT2D eigenvalue weighted by Crippen LogP contribution is 2.20. The van der Waals surface area contributed by atoms with Crippen molar-refractivity contribution in [2.75, 3.05) is 6.54 Å². The molecule has 1 N–H and O–H groups in total. The van der Waals surface area contributed by atoms with Crippen LogP contribution in [0, 0.1) is 18.6 Å². The van der Waals surface area contributed by atoms with E-state index in [1.54, 1.807) is 6.20 Å². The van der Waals surface area contributed by atoms with Crippen LogP contribution < -0.4 is 5.32 Å². The van der Waals surface area contributed by atoms with Gasteiger partial charge in [0.1, 0.15) is 11.6 Å². The van der Waals surface area contributed by atoms with Gasteiger partial charge in [-0.1, -0.05) is 13.0 Å². The van der Waals surface area contributed by atoms with Crippen molar-refractivity contribution >= 4 is 0 Å². The molecular weight excluding hydrogens is 270 g/mol. The van der Waals surface area contributed by atoms with Crippen LogP contribution in [-0.2, 0) is 6.42 Å². The summed E-state index contributed by atoms with van der Waals surface area (Å²) in [6.07, 6.45) is 3.18. The average molecular weight is 290 g/mol. The maximum Gasteiger partial charge on any atom is 0.129 e. The molecule has 0 aliphatic carbocycles. The normalized spacial score (nSPS) is 12.4. The van der Waals surface area contributed by atoms with E-state index in [0.717, 1.165) is 30.3 Å². The highest BCUT2D eigenvalue weighted by molar-refractivity contribution is 5.23. The Balaban J connectivity index is 2.23. The molecule has 21 heavy (non-hydrogen) atoms. The summed E-state index contributed by atoms with van der Waals surface area (Å²) < 4.78 is 26.8. The van der Waals surface area contributed by atoms with Crippen molar-refractivity contribution in [2.24, 2.45) is 0 Å². The lowest BCUT2D eigenvalue weighted by Gasteiger charge is -2.19. The smallest absolute Gasteiger partial charge is 0.129 e. The lowest BCUT2D eigenvalue weighted by Crippen LogP contribution is -2.25. The van der Waals surface area contributed by atoms with Gasteiger partial charge in [0.15, 0.2) is 0 Å². The van der Waals surface area contributed by atoms with Gasteiger partial charge >= 0.3 is 0 Å². The summed E-state index contributed by atoms with van der Waals surface area (Å²) in [6.45, 7) is 4.90. The molecular formula is C17H20F2N2. The minimum absolute atomic E-state index is 0.0789. The fraction of sp³-hybridized carbons (Fsp3) is 0.353. The van der Waals surface area contributed by atoms with E-state index in [1.807, 2.05) is 19.1 Å². The maximum absolute atomic E-state index is 13.8. The molecule has 2 aromatic rings. The molecule has 112 valence electrons. The minimum atomic E-state index is -0.553. The zero-order valence-corrected chi connectivity index (χ0v) is 12.4. The van der Waals surface area contributed by atoms with Gasteiger partial charge in [-0.3, -0.25) is 4.98 Å². The van der Waals surface area contributed by atoms with Crippen molar-refractivity contribution < 1.29 is 8.78 Å². The second-order valence-corrected chi connectivity index (χ2v) is 5.20. The number of aromatic nitrogens is 1. The molecule has 1 unspecified atom stereocenters. The van der Waals surface area contributed by atoms with Gasteiger partial charge in [0, 0.05) is 12.3 Å². The van der Waals surface area contributed by atoms with Gasteiger partial charge in [-0.15, -0.1) is 0 Å². The summed E-state index contributed by atoms with van der Waals surface area (Å²) in [5.74, 6) is -1.06. The fourth-order valence-electron chi connectivity index (χ4n) is 2.26. The van der Waals surface area contributed by atoms with Crippen molar-refractivity contribution in [1.82, 2.24) is 10.3 Å². The monoisotopic (exact) mass is 290 g/mol. The standard InChI is InChI=1S/C17H20F2N2/c1-3-7-20-17(16-9-12(2)6-8-21-16)10-13-4-5-14(18)11-15(13)19/h4-6,8-9,11,17,20H,3,7,10H2,1-2H3. The molecule has 0 fully saturated rings. The molecule has 0 aliphatic rings. The van der Waals surface area contributed by atoms with E-state index < -0.39 is 11.6 Å². The van der Waals surface area contributed by atoms with Gasteiger partial charge in [0.05, 0.1) is 11.7 Å². The molecule has 0 amide bonds. The molecule has 0 bridgehead atoms. The molecule has 2 nitrogen and oxygen atoms in total. The largest absolute Gasteiger partial charge is 0.308 e. The summed E-state index contributed by atoms with van der Waals surface area (Å²) in [5.41, 5.74) is 2.49. The van der Waals surface area contributed by atoms with Crippen LogP contribution in [0.15, 0.2) is 36.5 Å². The Morgan fingerprint density at radius 1 is 1.19 bits per heavy atom. The molecule has 0 spiro atoms. The van der Waals surface area contributed by atoms with Crippen LogP contribution in [0.4, 0.5) is 8.78 Å². The topological polar surface area (TPSA) is 24.9 Å². The number of benzene rings is 1. The van der Waals surface area contributed by atoms with Gasteiger partial charge in [-0.25, -0.2) is 8.78 Å². The van der Waals surface area contributed by atoms with Crippen molar-refractivity contribution in [3.63, 3.8) is 0 Å². The molecule has 0 saturated heterocycles. The first-order chi connectivity index (χ1) is 10.1. The Kier molecular flexibility index (Phi) is 5.39. The first-order valence-corrected chi connectivity index (χ1v) is 7.20. The van der Waals surface area contributed by atoms with Crippen LogP contribution in [0.25, 0.3) is 0 Å². The Labute approximate surface area is 124 Å². The molecule has 2 rings (SSSR count). The van der Waals surface area contributed by atoms with Gasteiger partial charge < -0.3 is 5.32 Å². The number of pyridine rings is 1. The van der Waals surface area contributed by atoms with Crippen molar-refractivity contribution in [1.29, 1.82) is 0 Å². The molecule has 4 heteroatoms. The lowest BCUT2D eigenvalue weighted by molar-refractivity contribution is 0.499. The number of aryl methyl sites for hydroxylation is 1. The van der Waals surface area contributed by atoms with Gasteiger partial charge in [-0.05, 0) is 55.6 Å². The van der Waals surface area contributed by atoms with Crippen LogP contribution in [0.2, 0.25) is 0 Å². The van der Waals surface area contributed by atoms with Crippen LogP contribution in [0.1, 0.15) is 36.2 Å². The molecule has 0 aliphatic heterocycles. The van der Waals surface area contributed by atoms with E-state index in [-0.39, 0.29) is 6.04 Å². The van der Waals surface area contributed by atoms with Crippen LogP contribution in [-0.4, -0.2) is 11.5 Å². The molecule has 0 radical (unpaired) electrons. The quantitative estimate of drug-likeness (QED) is 0.871. The van der Waals surface area contributed by atoms with E-state index in [0.29, 0.717) is 12.0 Å². The van der Waals surface area contributed by atoms with Crippen LogP contribution in [0.3, 0.4) is 0 Å². The Bertz CT molecular complexity index is 599. The Morgan fingerprint density at radius 2 is 2.00 bits per heavy atom. The summed E-state index contributed by atoms with van der Waals surface area (Å²) in [6, 6.07) is 7.56. The van der Waals surface area contributed by atoms with E-state index in [9.17, 15) is 8.78 Å². The molecule has 1 aromatic heterocycles. The molecule has 0 saturated carbocycles. The third-order valence-electron chi connectivity index (χ3n) is 3.37. The number of rotatable bonds is 6. The minimum Gasteiger partial charge on any atom is -0.308 e. The average Bonchev–Trinajstić information content (AvgIpc) is 2.45. The number of nitrogens with one attached hydrogen (secondary N) is 1. The number of hydrogen-bond acceptors (Lipinski definition) is 2. The third-order valence-corrected chi connectivity index (χ3v) is 3.37. The van der Waals surface area contributed by atoms with Crippen molar-refractivity contribution in [2.45, 2.75) is 32.7 Å². The van der Waals surface area contributed by atoms with E-state index in [4.69, 9.17) is 0 Å². The number of halogens is 2. The Hall–Kier alpha value is -1.81. The van der Waals surface area contributed by atoms with Crippen LogP contribution in [0.5, 0.6) is 0 Å². The maximum atomic E-state index is 13.8. The van der Waals surface area contributed by atoms with E-state index in [1.165, 1.54) is 12.1 Å². The fourth-order valence-corrected chi connectivity index (χ4v) is 2.26. The van der Waals surface area contributed by atoms with Gasteiger partial charge in [-0.2, -0.15) is 0 Å². The van der Waals surface area contributed by atoms with Gasteiger partial charge in [0.2, 0.25) is 0 Å². The highest BCUT2D eigenvalue weighted by Gasteiger charge is 2.15. The zero-order valence-electron chi connectivity index (χ0n) is 12.4. The van der Waals surface area contributed by atoms with Crippen molar-refractivity contribution in [3.05, 3.63) is 65.0 Å². The lowest BCUT2D eigenvalue weighted by atomic mass is 10.0. The van der Waals surface area contributed by atoms with Crippen LogP contribution >= 0.6 is 0 Å². The molecule has 1 aromatic carbocycles. The van der Waals surface area contributed by atoms with E-state index >= 15 is 0 Å². The predicted molar refractivity (Wildman–Crippen MR) is 80.1 cm³/mol. The predicted octanol–water partition coefficient (Wildman–Crippen LogP) is 3.95. The summed E-state index contributed by atoms with van der Waals surface area (Å²) in [4.78, 5) is 4.38. The molecule has 1 heterocycles. The van der Waals surface area contributed by atoms with Gasteiger partial charge in [0.25, 0.3) is 0 Å². The second-order valence-electron chi connectivity index (χ2n) is 5.20. The first-order valence-electron chi connectivity index (χ1n) is 7.20. The van der Waals surface area contributed by atoms with E-state index in [2.05, 4.69) is 17.2 Å². The molecule has 1 atom stereocenters. The highest BCUT2D eigenvalue weighted by atomic mass is 19.1. The Morgan fingerprint density at radius 3 is 2.67 bits per heavy atom. The zero-order chi connectivity index (χ0) is 15.2. The second kappa shape index (κ2) is 7.27. The SMILES string of the molecule is CCCNC(Cc1ccc(F)cc1F)c1cc(C)ccn1. The number of nitrogens with zero attached hydrogens (tertiary/aromatic N) is 1.